The number of carbonyl (C=O) groups is 2. The van der Waals surface area contributed by atoms with E-state index in [4.69, 9.17) is 0 Å². The third-order valence-corrected chi connectivity index (χ3v) is 5.94. The van der Waals surface area contributed by atoms with Crippen molar-refractivity contribution < 1.29 is 9.59 Å². The zero-order chi connectivity index (χ0) is 23.3. The summed E-state index contributed by atoms with van der Waals surface area (Å²) in [6.07, 6.45) is 0. The summed E-state index contributed by atoms with van der Waals surface area (Å²) < 4.78 is 0. The molecule has 1 N–H and O–H groups in total. The monoisotopic (exact) mass is 449 g/mol. The molecule has 0 saturated carbocycles. The fraction of sp³-hybridized carbons (Fsp3) is 0.308. The number of hydrogen-bond donors (Lipinski definition) is 1. The Kier molecular flexibility index (Phi) is 7.36. The third-order valence-electron chi connectivity index (χ3n) is 5.07. The Balaban J connectivity index is 1.92. The van der Waals surface area contributed by atoms with Gasteiger partial charge in [-0.05, 0) is 40.8 Å². The summed E-state index contributed by atoms with van der Waals surface area (Å²) in [4.78, 5) is 30.4. The van der Waals surface area contributed by atoms with Gasteiger partial charge in [-0.3, -0.25) is 9.59 Å². The van der Waals surface area contributed by atoms with Crippen molar-refractivity contribution in [1.82, 2.24) is 4.90 Å². The van der Waals surface area contributed by atoms with Crippen LogP contribution in [0, 0.1) is 5.41 Å². The molecule has 0 bridgehead atoms. The minimum atomic E-state index is -0.502. The van der Waals surface area contributed by atoms with Gasteiger partial charge in [0.05, 0.1) is 4.88 Å². The van der Waals surface area contributed by atoms with Crippen LogP contribution in [-0.2, 0) is 17.9 Å². The molecule has 0 saturated heterocycles. The summed E-state index contributed by atoms with van der Waals surface area (Å²) in [5.74, 6) is -0.0467. The quantitative estimate of drug-likeness (QED) is 0.508. The summed E-state index contributed by atoms with van der Waals surface area (Å²) in [5, 5.41) is 4.87. The zero-order valence-corrected chi connectivity index (χ0v) is 20.2. The van der Waals surface area contributed by atoms with Gasteiger partial charge in [0.1, 0.15) is 0 Å². The molecule has 0 spiro atoms. The fourth-order valence-corrected chi connectivity index (χ4v) is 4.13. The van der Waals surface area contributed by atoms with Crippen molar-refractivity contribution in [2.24, 2.45) is 5.41 Å². The standard InChI is InChI=1S/C26H31N3O2S/c1-26(2,3)25(31)29(17-19-10-7-6-8-11-19)18-20-16-21(13-14-22(20)28(4)5)27-24(30)23-12-9-15-32-23/h6-16H,17-18H2,1-5H3,(H,27,30). The normalized spacial score (nSPS) is 11.2. The van der Waals surface area contributed by atoms with Crippen LogP contribution in [0.3, 0.4) is 0 Å². The van der Waals surface area contributed by atoms with Crippen molar-refractivity contribution in [3.63, 3.8) is 0 Å². The lowest BCUT2D eigenvalue weighted by Gasteiger charge is -2.31. The minimum Gasteiger partial charge on any atom is -0.377 e. The lowest BCUT2D eigenvalue weighted by atomic mass is 9.94. The Hall–Kier alpha value is -3.12. The summed E-state index contributed by atoms with van der Waals surface area (Å²) >= 11 is 1.41. The average molecular weight is 450 g/mol. The Labute approximate surface area is 194 Å². The predicted octanol–water partition coefficient (Wildman–Crippen LogP) is 5.64. The van der Waals surface area contributed by atoms with Crippen molar-refractivity contribution in [3.8, 4) is 0 Å². The molecule has 3 aromatic rings. The molecule has 0 unspecified atom stereocenters. The van der Waals surface area contributed by atoms with E-state index in [1.165, 1.54) is 11.3 Å². The highest BCUT2D eigenvalue weighted by molar-refractivity contribution is 7.12. The van der Waals surface area contributed by atoms with Crippen LogP contribution in [0.2, 0.25) is 0 Å². The number of amides is 2. The average Bonchev–Trinajstić information content (AvgIpc) is 3.28. The number of thiophene rings is 1. The molecule has 0 radical (unpaired) electrons. The van der Waals surface area contributed by atoms with E-state index in [-0.39, 0.29) is 11.8 Å². The molecule has 0 fully saturated rings. The van der Waals surface area contributed by atoms with Gasteiger partial charge < -0.3 is 15.1 Å². The fourth-order valence-electron chi connectivity index (χ4n) is 3.51. The number of hydrogen-bond acceptors (Lipinski definition) is 4. The van der Waals surface area contributed by atoms with Crippen molar-refractivity contribution in [2.45, 2.75) is 33.9 Å². The van der Waals surface area contributed by atoms with Gasteiger partial charge in [0.15, 0.2) is 0 Å². The first-order chi connectivity index (χ1) is 15.1. The van der Waals surface area contributed by atoms with Gasteiger partial charge in [-0.1, -0.05) is 57.2 Å². The molecule has 168 valence electrons. The predicted molar refractivity (Wildman–Crippen MR) is 133 cm³/mol. The number of nitrogens with one attached hydrogen (secondary N) is 1. The van der Waals surface area contributed by atoms with Crippen LogP contribution in [0.4, 0.5) is 11.4 Å². The summed E-state index contributed by atoms with van der Waals surface area (Å²) in [7, 11) is 3.96. The first-order valence-corrected chi connectivity index (χ1v) is 11.5. The molecule has 1 aromatic heterocycles. The lowest BCUT2D eigenvalue weighted by molar-refractivity contribution is -0.140. The Morgan fingerprint density at radius 1 is 0.938 bits per heavy atom. The van der Waals surface area contributed by atoms with Gasteiger partial charge in [0.2, 0.25) is 5.91 Å². The van der Waals surface area contributed by atoms with E-state index in [2.05, 4.69) is 5.32 Å². The summed E-state index contributed by atoms with van der Waals surface area (Å²) in [6.45, 7) is 6.80. The number of benzene rings is 2. The maximum atomic E-state index is 13.3. The third kappa shape index (κ3) is 5.98. The molecule has 0 aliphatic heterocycles. The van der Waals surface area contributed by atoms with Gasteiger partial charge in [0.25, 0.3) is 5.91 Å². The van der Waals surface area contributed by atoms with E-state index in [0.717, 1.165) is 16.8 Å². The molecule has 5 nitrogen and oxygen atoms in total. The maximum absolute atomic E-state index is 13.3. The van der Waals surface area contributed by atoms with Crippen LogP contribution in [0.25, 0.3) is 0 Å². The topological polar surface area (TPSA) is 52.7 Å². The van der Waals surface area contributed by atoms with E-state index in [0.29, 0.717) is 23.7 Å². The van der Waals surface area contributed by atoms with E-state index in [9.17, 15) is 9.59 Å². The highest BCUT2D eigenvalue weighted by Gasteiger charge is 2.28. The summed E-state index contributed by atoms with van der Waals surface area (Å²) in [5.41, 5.74) is 3.29. The van der Waals surface area contributed by atoms with Crippen LogP contribution in [0.15, 0.2) is 66.0 Å². The van der Waals surface area contributed by atoms with Crippen molar-refractivity contribution in [2.75, 3.05) is 24.3 Å². The molecule has 2 aromatic carbocycles. The molecule has 32 heavy (non-hydrogen) atoms. The van der Waals surface area contributed by atoms with Gasteiger partial charge in [-0.15, -0.1) is 11.3 Å². The largest absolute Gasteiger partial charge is 0.377 e. The minimum absolute atomic E-state index is 0.0825. The van der Waals surface area contributed by atoms with E-state index < -0.39 is 5.41 Å². The molecule has 0 aliphatic rings. The molecule has 2 amide bonds. The van der Waals surface area contributed by atoms with E-state index in [1.807, 2.05) is 105 Å². The number of nitrogens with zero attached hydrogens (tertiary/aromatic N) is 2. The van der Waals surface area contributed by atoms with Crippen LogP contribution in [0.5, 0.6) is 0 Å². The molecule has 3 rings (SSSR count). The highest BCUT2D eigenvalue weighted by atomic mass is 32.1. The van der Waals surface area contributed by atoms with Gasteiger partial charge in [-0.25, -0.2) is 0 Å². The molecule has 6 heteroatoms. The molecule has 0 atom stereocenters. The van der Waals surface area contributed by atoms with Crippen LogP contribution in [0.1, 0.15) is 41.6 Å². The second-order valence-corrected chi connectivity index (χ2v) is 10.0. The number of anilines is 2. The molecular weight excluding hydrogens is 418 g/mol. The van der Waals surface area contributed by atoms with E-state index >= 15 is 0 Å². The van der Waals surface area contributed by atoms with Crippen LogP contribution < -0.4 is 10.2 Å². The lowest BCUT2D eigenvalue weighted by Crippen LogP contribution is -2.38. The zero-order valence-electron chi connectivity index (χ0n) is 19.4. The van der Waals surface area contributed by atoms with Crippen LogP contribution in [-0.4, -0.2) is 30.8 Å². The van der Waals surface area contributed by atoms with Gasteiger partial charge in [-0.2, -0.15) is 0 Å². The maximum Gasteiger partial charge on any atom is 0.265 e. The molecular formula is C26H31N3O2S. The van der Waals surface area contributed by atoms with Crippen molar-refractivity contribution in [3.05, 3.63) is 82.0 Å². The Bertz CT molecular complexity index is 1050. The van der Waals surface area contributed by atoms with Crippen LogP contribution >= 0.6 is 11.3 Å². The Morgan fingerprint density at radius 3 is 2.25 bits per heavy atom. The SMILES string of the molecule is CN(C)c1ccc(NC(=O)c2cccs2)cc1CN(Cc1ccccc1)C(=O)C(C)(C)C. The second-order valence-electron chi connectivity index (χ2n) is 9.07. The smallest absolute Gasteiger partial charge is 0.265 e. The Morgan fingerprint density at radius 2 is 1.66 bits per heavy atom. The number of carbonyl (C=O) groups excluding carboxylic acids is 2. The van der Waals surface area contributed by atoms with Crippen molar-refractivity contribution in [1.29, 1.82) is 0 Å². The second kappa shape index (κ2) is 10.0. The van der Waals surface area contributed by atoms with E-state index in [1.54, 1.807) is 6.07 Å². The highest BCUT2D eigenvalue weighted by Crippen LogP contribution is 2.28. The van der Waals surface area contributed by atoms with Gasteiger partial charge in [0, 0.05) is 44.0 Å². The first kappa shape index (κ1) is 23.5. The number of rotatable bonds is 7. The first-order valence-electron chi connectivity index (χ1n) is 10.6. The van der Waals surface area contributed by atoms with Crippen molar-refractivity contribution >= 4 is 34.5 Å². The summed E-state index contributed by atoms with van der Waals surface area (Å²) in [6, 6.07) is 19.5. The molecule has 1 heterocycles. The van der Waals surface area contributed by atoms with Gasteiger partial charge >= 0.3 is 0 Å². The molecule has 0 aliphatic carbocycles.